The van der Waals surface area contributed by atoms with E-state index in [0.717, 1.165) is 61.5 Å². The van der Waals surface area contributed by atoms with Crippen molar-refractivity contribution in [3.05, 3.63) is 53.6 Å². The van der Waals surface area contributed by atoms with Crippen LogP contribution in [0.2, 0.25) is 0 Å². The van der Waals surface area contributed by atoms with Crippen molar-refractivity contribution in [3.63, 3.8) is 0 Å². The second kappa shape index (κ2) is 8.01. The summed E-state index contributed by atoms with van der Waals surface area (Å²) in [5.74, 6) is 1.73. The van der Waals surface area contributed by atoms with Crippen LogP contribution in [0.5, 0.6) is 11.5 Å². The van der Waals surface area contributed by atoms with Gasteiger partial charge < -0.3 is 19.3 Å². The molecular weight excluding hydrogens is 380 g/mol. The highest BCUT2D eigenvalue weighted by Gasteiger charge is 2.31. The number of ether oxygens (including phenoxy) is 2. The molecule has 2 amide bonds. The van der Waals surface area contributed by atoms with E-state index in [1.54, 1.807) is 4.90 Å². The number of carbonyl (C=O) groups is 2. The summed E-state index contributed by atoms with van der Waals surface area (Å²) in [4.78, 5) is 29.0. The van der Waals surface area contributed by atoms with Gasteiger partial charge in [0.05, 0.1) is 19.3 Å². The van der Waals surface area contributed by atoms with Crippen molar-refractivity contribution in [2.24, 2.45) is 0 Å². The van der Waals surface area contributed by atoms with E-state index in [1.165, 1.54) is 0 Å². The molecule has 2 saturated heterocycles. The summed E-state index contributed by atoms with van der Waals surface area (Å²) in [5, 5.41) is 0. The van der Waals surface area contributed by atoms with E-state index < -0.39 is 0 Å². The lowest BCUT2D eigenvalue weighted by Crippen LogP contribution is -2.30. The molecule has 0 radical (unpaired) electrons. The summed E-state index contributed by atoms with van der Waals surface area (Å²) >= 11 is 0. The number of nitrogens with zero attached hydrogens (tertiary/aromatic N) is 2. The van der Waals surface area contributed by atoms with Gasteiger partial charge in [0.15, 0.2) is 11.5 Å². The second-order valence-corrected chi connectivity index (χ2v) is 8.11. The summed E-state index contributed by atoms with van der Waals surface area (Å²) in [6.07, 6.45) is 4.28. The molecule has 156 valence electrons. The fraction of sp³-hybridized carbons (Fsp3) is 0.417. The minimum atomic E-state index is 0.0314. The lowest BCUT2D eigenvalue weighted by Gasteiger charge is -2.26. The average molecular weight is 406 g/mol. The molecule has 0 saturated carbocycles. The summed E-state index contributed by atoms with van der Waals surface area (Å²) in [7, 11) is 0. The Morgan fingerprint density at radius 2 is 1.70 bits per heavy atom. The SMILES string of the molecule is O=C1CCCN1c1ccc(C(=O)N2CCCC2c2ccc3c(c2)OCCCO3)cc1. The van der Waals surface area contributed by atoms with Crippen molar-refractivity contribution in [2.75, 3.05) is 31.2 Å². The zero-order valence-corrected chi connectivity index (χ0v) is 17.0. The van der Waals surface area contributed by atoms with Crippen LogP contribution in [-0.2, 0) is 4.79 Å². The first-order valence-corrected chi connectivity index (χ1v) is 10.8. The molecule has 2 aromatic carbocycles. The van der Waals surface area contributed by atoms with E-state index in [4.69, 9.17) is 9.47 Å². The van der Waals surface area contributed by atoms with Gasteiger partial charge in [0.25, 0.3) is 5.91 Å². The van der Waals surface area contributed by atoms with Crippen LogP contribution in [0, 0.1) is 0 Å². The van der Waals surface area contributed by atoms with Gasteiger partial charge in [0, 0.05) is 37.2 Å². The molecule has 1 unspecified atom stereocenters. The molecule has 5 rings (SSSR count). The van der Waals surface area contributed by atoms with Gasteiger partial charge in [-0.25, -0.2) is 0 Å². The zero-order chi connectivity index (χ0) is 20.5. The van der Waals surface area contributed by atoms with Crippen molar-refractivity contribution in [1.29, 1.82) is 0 Å². The average Bonchev–Trinajstić information content (AvgIpc) is 3.37. The molecule has 1 atom stereocenters. The number of fused-ring (bicyclic) bond motifs is 1. The van der Waals surface area contributed by atoms with E-state index in [1.807, 2.05) is 47.4 Å². The third kappa shape index (κ3) is 3.51. The topological polar surface area (TPSA) is 59.1 Å². The van der Waals surface area contributed by atoms with Crippen LogP contribution in [0.1, 0.15) is 54.1 Å². The Bertz CT molecular complexity index is 956. The molecule has 30 heavy (non-hydrogen) atoms. The predicted molar refractivity (Wildman–Crippen MR) is 113 cm³/mol. The van der Waals surface area contributed by atoms with Crippen molar-refractivity contribution < 1.29 is 19.1 Å². The maximum Gasteiger partial charge on any atom is 0.254 e. The van der Waals surface area contributed by atoms with Gasteiger partial charge in [0.2, 0.25) is 5.91 Å². The van der Waals surface area contributed by atoms with Crippen LogP contribution in [0.3, 0.4) is 0 Å². The Kier molecular flexibility index (Phi) is 5.07. The fourth-order valence-electron chi connectivity index (χ4n) is 4.61. The highest BCUT2D eigenvalue weighted by atomic mass is 16.5. The van der Waals surface area contributed by atoms with Gasteiger partial charge in [-0.1, -0.05) is 6.07 Å². The maximum atomic E-state index is 13.3. The normalized spacial score (nSPS) is 21.1. The molecule has 6 nitrogen and oxygen atoms in total. The molecule has 0 aliphatic carbocycles. The third-order valence-corrected chi connectivity index (χ3v) is 6.17. The Hall–Kier alpha value is -3.02. The highest BCUT2D eigenvalue weighted by molar-refractivity contribution is 5.97. The fourth-order valence-corrected chi connectivity index (χ4v) is 4.61. The first-order valence-electron chi connectivity index (χ1n) is 10.8. The molecule has 3 heterocycles. The number of rotatable bonds is 3. The summed E-state index contributed by atoms with van der Waals surface area (Å²) in [6, 6.07) is 13.5. The highest BCUT2D eigenvalue weighted by Crippen LogP contribution is 2.38. The van der Waals surface area contributed by atoms with Gasteiger partial charge in [-0.05, 0) is 61.2 Å². The number of anilines is 1. The Balaban J connectivity index is 1.35. The Morgan fingerprint density at radius 3 is 2.47 bits per heavy atom. The molecule has 2 aromatic rings. The lowest BCUT2D eigenvalue weighted by atomic mass is 10.0. The van der Waals surface area contributed by atoms with Gasteiger partial charge in [-0.3, -0.25) is 9.59 Å². The number of hydrogen-bond acceptors (Lipinski definition) is 4. The molecule has 0 N–H and O–H groups in total. The van der Waals surface area contributed by atoms with Gasteiger partial charge in [0.1, 0.15) is 0 Å². The maximum absolute atomic E-state index is 13.3. The van der Waals surface area contributed by atoms with E-state index in [2.05, 4.69) is 0 Å². The van der Waals surface area contributed by atoms with Crippen LogP contribution in [0.4, 0.5) is 5.69 Å². The molecular formula is C24H26N2O4. The van der Waals surface area contributed by atoms with Crippen molar-refractivity contribution >= 4 is 17.5 Å². The quantitative estimate of drug-likeness (QED) is 0.774. The van der Waals surface area contributed by atoms with E-state index in [9.17, 15) is 9.59 Å². The monoisotopic (exact) mass is 406 g/mol. The Morgan fingerprint density at radius 1 is 0.900 bits per heavy atom. The largest absolute Gasteiger partial charge is 0.490 e. The van der Waals surface area contributed by atoms with Gasteiger partial charge >= 0.3 is 0 Å². The van der Waals surface area contributed by atoms with E-state index >= 15 is 0 Å². The number of likely N-dealkylation sites (tertiary alicyclic amines) is 1. The predicted octanol–water partition coefficient (Wildman–Crippen LogP) is 3.95. The van der Waals surface area contributed by atoms with E-state index in [0.29, 0.717) is 25.2 Å². The van der Waals surface area contributed by atoms with Crippen LogP contribution in [0.15, 0.2) is 42.5 Å². The van der Waals surface area contributed by atoms with Gasteiger partial charge in [-0.2, -0.15) is 0 Å². The molecule has 2 fully saturated rings. The zero-order valence-electron chi connectivity index (χ0n) is 17.0. The number of amides is 2. The summed E-state index contributed by atoms with van der Waals surface area (Å²) < 4.78 is 11.6. The first kappa shape index (κ1) is 19.0. The van der Waals surface area contributed by atoms with Crippen molar-refractivity contribution in [3.8, 4) is 11.5 Å². The van der Waals surface area contributed by atoms with Gasteiger partial charge in [-0.15, -0.1) is 0 Å². The molecule has 0 aromatic heterocycles. The number of benzene rings is 2. The minimum absolute atomic E-state index is 0.0314. The molecule has 3 aliphatic rings. The summed E-state index contributed by atoms with van der Waals surface area (Å²) in [6.45, 7) is 2.81. The molecule has 0 spiro atoms. The van der Waals surface area contributed by atoms with Crippen LogP contribution < -0.4 is 14.4 Å². The van der Waals surface area contributed by atoms with Crippen molar-refractivity contribution in [1.82, 2.24) is 4.90 Å². The lowest BCUT2D eigenvalue weighted by molar-refractivity contribution is -0.117. The van der Waals surface area contributed by atoms with E-state index in [-0.39, 0.29) is 17.9 Å². The Labute approximate surface area is 176 Å². The number of hydrogen-bond donors (Lipinski definition) is 0. The summed E-state index contributed by atoms with van der Waals surface area (Å²) in [5.41, 5.74) is 2.62. The van der Waals surface area contributed by atoms with Crippen molar-refractivity contribution in [2.45, 2.75) is 38.1 Å². The molecule has 3 aliphatic heterocycles. The van der Waals surface area contributed by atoms with Crippen LogP contribution in [-0.4, -0.2) is 43.0 Å². The van der Waals surface area contributed by atoms with Crippen LogP contribution >= 0.6 is 0 Å². The smallest absolute Gasteiger partial charge is 0.254 e. The molecule has 0 bridgehead atoms. The number of carbonyl (C=O) groups excluding carboxylic acids is 2. The first-order chi connectivity index (χ1) is 14.7. The van der Waals surface area contributed by atoms with Crippen LogP contribution in [0.25, 0.3) is 0 Å². The standard InChI is InChI=1S/C24H26N2O4/c27-23-5-2-12-25(23)19-9-6-17(7-10-19)24(28)26-13-1-4-20(26)18-8-11-21-22(16-18)30-15-3-14-29-21/h6-11,16,20H,1-5,12-15H2. The third-order valence-electron chi connectivity index (χ3n) is 6.17. The minimum Gasteiger partial charge on any atom is -0.490 e. The molecule has 6 heteroatoms. The second-order valence-electron chi connectivity index (χ2n) is 8.11.